The van der Waals surface area contributed by atoms with Crippen LogP contribution < -0.4 is 10.3 Å². The highest BCUT2D eigenvalue weighted by atomic mass is 32.1. The summed E-state index contributed by atoms with van der Waals surface area (Å²) in [6.45, 7) is 0.535. The van der Waals surface area contributed by atoms with Gasteiger partial charge in [0, 0.05) is 18.2 Å². The molecule has 0 saturated carbocycles. The summed E-state index contributed by atoms with van der Waals surface area (Å²) >= 11 is 5.20. The van der Waals surface area contributed by atoms with E-state index >= 15 is 0 Å². The number of para-hydroxylation sites is 1. The van der Waals surface area contributed by atoms with Crippen LogP contribution in [0.3, 0.4) is 0 Å². The molecule has 0 amide bonds. The maximum atomic E-state index is 13.8. The molecule has 0 saturated heterocycles. The van der Waals surface area contributed by atoms with Crippen molar-refractivity contribution in [3.05, 3.63) is 51.0 Å². The molecule has 3 rings (SSSR count). The van der Waals surface area contributed by atoms with Crippen molar-refractivity contribution in [1.29, 1.82) is 0 Å². The van der Waals surface area contributed by atoms with Crippen LogP contribution in [0, 0.1) is 4.77 Å². The quantitative estimate of drug-likeness (QED) is 0.647. The minimum atomic E-state index is -2.86. The molecule has 0 unspecified atom stereocenters. The Balaban J connectivity index is 2.41. The van der Waals surface area contributed by atoms with E-state index in [4.69, 9.17) is 21.7 Å². The van der Waals surface area contributed by atoms with Crippen molar-refractivity contribution in [2.24, 2.45) is 0 Å². The molecule has 0 radical (unpaired) electrons. The monoisotopic (exact) mass is 393 g/mol. The highest BCUT2D eigenvalue weighted by Gasteiger charge is 2.21. The zero-order chi connectivity index (χ0) is 19.6. The molecule has 1 aromatic carbocycles. The largest absolute Gasteiger partial charge is 0.496 e. The number of aromatic amines is 1. The average molecular weight is 393 g/mol. The van der Waals surface area contributed by atoms with Crippen LogP contribution in [0.2, 0.25) is 0 Å². The van der Waals surface area contributed by atoms with Crippen LogP contribution in [0.4, 0.5) is 8.78 Å². The van der Waals surface area contributed by atoms with Crippen molar-refractivity contribution in [2.75, 3.05) is 20.8 Å². The molecule has 0 aliphatic heterocycles. The molecule has 0 atom stereocenters. The molecule has 0 aliphatic rings. The smallest absolute Gasteiger partial charge is 0.264 e. The predicted molar refractivity (Wildman–Crippen MR) is 100 cm³/mol. The van der Waals surface area contributed by atoms with Gasteiger partial charge in [-0.05, 0) is 30.4 Å². The van der Waals surface area contributed by atoms with E-state index in [2.05, 4.69) is 9.97 Å². The van der Waals surface area contributed by atoms with Gasteiger partial charge >= 0.3 is 0 Å². The summed E-state index contributed by atoms with van der Waals surface area (Å²) in [6, 6.07) is 8.15. The Bertz CT molecular complexity index is 1100. The van der Waals surface area contributed by atoms with Gasteiger partial charge in [-0.25, -0.2) is 13.8 Å². The van der Waals surface area contributed by atoms with Gasteiger partial charge in [0.25, 0.3) is 12.0 Å². The standard InChI is InChI=1S/C18H17F2N3O3S/c1-25-8-7-23-16-14(17(24)22-18(23)27)11(15(19)20)9-12(21-16)10-5-3-4-6-13(10)26-2/h3-6,9,15H,7-8H2,1-2H3,(H,22,24,27). The third kappa shape index (κ3) is 3.60. The van der Waals surface area contributed by atoms with E-state index in [-0.39, 0.29) is 34.7 Å². The zero-order valence-corrected chi connectivity index (χ0v) is 15.5. The van der Waals surface area contributed by atoms with Gasteiger partial charge in [0.15, 0.2) is 4.77 Å². The Morgan fingerprint density at radius 1 is 1.30 bits per heavy atom. The molecule has 9 heteroatoms. The van der Waals surface area contributed by atoms with Gasteiger partial charge in [-0.15, -0.1) is 0 Å². The molecule has 2 heterocycles. The number of hydrogen-bond acceptors (Lipinski definition) is 5. The number of nitrogens with one attached hydrogen (secondary N) is 1. The molecule has 1 N–H and O–H groups in total. The van der Waals surface area contributed by atoms with Crippen molar-refractivity contribution in [2.45, 2.75) is 13.0 Å². The van der Waals surface area contributed by atoms with E-state index in [0.29, 0.717) is 11.3 Å². The van der Waals surface area contributed by atoms with Crippen LogP contribution in [-0.2, 0) is 11.3 Å². The number of ether oxygens (including phenoxy) is 2. The lowest BCUT2D eigenvalue weighted by Gasteiger charge is -2.15. The van der Waals surface area contributed by atoms with Gasteiger partial charge in [0.1, 0.15) is 11.4 Å². The number of methoxy groups -OCH3 is 2. The summed E-state index contributed by atoms with van der Waals surface area (Å²) < 4.78 is 39.5. The van der Waals surface area contributed by atoms with E-state index in [1.807, 2.05) is 0 Å². The van der Waals surface area contributed by atoms with Gasteiger partial charge in [-0.1, -0.05) is 12.1 Å². The minimum Gasteiger partial charge on any atom is -0.496 e. The summed E-state index contributed by atoms with van der Waals surface area (Å²) in [5.74, 6) is 0.483. The molecule has 0 fully saturated rings. The van der Waals surface area contributed by atoms with Crippen LogP contribution in [0.1, 0.15) is 12.0 Å². The predicted octanol–water partition coefficient (Wildman–Crippen LogP) is 3.71. The molecule has 3 aromatic rings. The Kier molecular flexibility index (Phi) is 5.62. The summed E-state index contributed by atoms with van der Waals surface area (Å²) in [5, 5.41) is -0.187. The van der Waals surface area contributed by atoms with Crippen LogP contribution in [0.5, 0.6) is 5.75 Å². The van der Waals surface area contributed by atoms with E-state index in [9.17, 15) is 13.6 Å². The molecule has 6 nitrogen and oxygen atoms in total. The SMILES string of the molecule is COCCn1c(=S)[nH]c(=O)c2c(C(F)F)cc(-c3ccccc3OC)nc21. The minimum absolute atomic E-state index is 0.0829. The van der Waals surface area contributed by atoms with E-state index in [1.54, 1.807) is 24.3 Å². The lowest BCUT2D eigenvalue weighted by molar-refractivity contribution is 0.153. The first kappa shape index (κ1) is 19.1. The molecular formula is C18H17F2N3O3S. The van der Waals surface area contributed by atoms with E-state index in [0.717, 1.165) is 0 Å². The van der Waals surface area contributed by atoms with Crippen molar-refractivity contribution in [1.82, 2.24) is 14.5 Å². The molecule has 142 valence electrons. The van der Waals surface area contributed by atoms with Crippen molar-refractivity contribution < 1.29 is 18.3 Å². The number of alkyl halides is 2. The first-order valence-corrected chi connectivity index (χ1v) is 8.47. The molecule has 0 aliphatic carbocycles. The lowest BCUT2D eigenvalue weighted by atomic mass is 10.1. The van der Waals surface area contributed by atoms with Gasteiger partial charge in [0.2, 0.25) is 0 Å². The van der Waals surface area contributed by atoms with Crippen LogP contribution in [-0.4, -0.2) is 35.4 Å². The number of H-pyrrole nitrogens is 1. The first-order valence-electron chi connectivity index (χ1n) is 8.06. The van der Waals surface area contributed by atoms with Gasteiger partial charge in [-0.2, -0.15) is 0 Å². The number of halogens is 2. The Morgan fingerprint density at radius 3 is 2.70 bits per heavy atom. The number of nitrogens with zero attached hydrogens (tertiary/aromatic N) is 2. The number of fused-ring (bicyclic) bond motifs is 1. The average Bonchev–Trinajstić information content (AvgIpc) is 2.66. The fraction of sp³-hybridized carbons (Fsp3) is 0.278. The van der Waals surface area contributed by atoms with Gasteiger partial charge < -0.3 is 14.0 Å². The topological polar surface area (TPSA) is 69.1 Å². The molecule has 2 aromatic heterocycles. The van der Waals surface area contributed by atoms with Crippen LogP contribution >= 0.6 is 12.2 Å². The maximum absolute atomic E-state index is 13.8. The van der Waals surface area contributed by atoms with Crippen molar-refractivity contribution in [3.8, 4) is 17.0 Å². The summed E-state index contributed by atoms with van der Waals surface area (Å²) in [7, 11) is 2.99. The summed E-state index contributed by atoms with van der Waals surface area (Å²) in [6.07, 6.45) is -2.86. The number of benzene rings is 1. The third-order valence-electron chi connectivity index (χ3n) is 4.12. The van der Waals surface area contributed by atoms with Crippen LogP contribution in [0.15, 0.2) is 35.1 Å². The van der Waals surface area contributed by atoms with Crippen molar-refractivity contribution >= 4 is 23.3 Å². The first-order chi connectivity index (χ1) is 13.0. The number of pyridine rings is 1. The highest BCUT2D eigenvalue weighted by molar-refractivity contribution is 7.71. The molecule has 0 bridgehead atoms. The number of aromatic nitrogens is 3. The normalized spacial score (nSPS) is 11.3. The summed E-state index contributed by atoms with van der Waals surface area (Å²) in [4.78, 5) is 19.3. The maximum Gasteiger partial charge on any atom is 0.264 e. The lowest BCUT2D eigenvalue weighted by Crippen LogP contribution is -2.19. The number of rotatable bonds is 6. The second kappa shape index (κ2) is 7.93. The molecular weight excluding hydrogens is 376 g/mol. The fourth-order valence-electron chi connectivity index (χ4n) is 2.86. The fourth-order valence-corrected chi connectivity index (χ4v) is 3.13. The Hall–Kier alpha value is -2.65. The van der Waals surface area contributed by atoms with E-state index in [1.165, 1.54) is 24.9 Å². The van der Waals surface area contributed by atoms with E-state index < -0.39 is 17.5 Å². The molecule has 0 spiro atoms. The zero-order valence-electron chi connectivity index (χ0n) is 14.7. The van der Waals surface area contributed by atoms with Crippen molar-refractivity contribution in [3.63, 3.8) is 0 Å². The van der Waals surface area contributed by atoms with Gasteiger partial charge in [-0.3, -0.25) is 9.78 Å². The Morgan fingerprint density at radius 2 is 2.04 bits per heavy atom. The Labute approximate surface area is 158 Å². The summed E-state index contributed by atoms with van der Waals surface area (Å²) in [5.41, 5.74) is -0.226. The third-order valence-corrected chi connectivity index (χ3v) is 4.44. The highest BCUT2D eigenvalue weighted by Crippen LogP contribution is 2.33. The molecule has 27 heavy (non-hydrogen) atoms. The number of hydrogen-bond donors (Lipinski definition) is 1. The second-order valence-electron chi connectivity index (χ2n) is 5.70. The van der Waals surface area contributed by atoms with Crippen LogP contribution in [0.25, 0.3) is 22.3 Å². The second-order valence-corrected chi connectivity index (χ2v) is 6.09. The van der Waals surface area contributed by atoms with Gasteiger partial charge in [0.05, 0.1) is 31.3 Å².